The highest BCUT2D eigenvalue weighted by Gasteiger charge is 2.22. The minimum Gasteiger partial charge on any atom is -0.497 e. The number of nitrogens with one attached hydrogen (secondary N) is 1. The van der Waals surface area contributed by atoms with E-state index < -0.39 is 0 Å². The lowest BCUT2D eigenvalue weighted by atomic mass is 9.87. The number of benzene rings is 1. The van der Waals surface area contributed by atoms with Crippen LogP contribution in [-0.4, -0.2) is 24.3 Å². The van der Waals surface area contributed by atoms with Crippen LogP contribution in [0.15, 0.2) is 29.2 Å². The zero-order valence-corrected chi connectivity index (χ0v) is 13.9. The third-order valence-electron chi connectivity index (χ3n) is 4.10. The molecule has 1 N–H and O–H groups in total. The van der Waals surface area contributed by atoms with Gasteiger partial charge in [-0.1, -0.05) is 6.92 Å². The molecule has 1 aliphatic rings. The van der Waals surface area contributed by atoms with E-state index in [1.807, 2.05) is 31.2 Å². The molecule has 1 amide bonds. The summed E-state index contributed by atoms with van der Waals surface area (Å²) in [5.41, 5.74) is 0. The molecule has 4 heteroatoms. The van der Waals surface area contributed by atoms with E-state index in [0.29, 0.717) is 6.04 Å². The summed E-state index contributed by atoms with van der Waals surface area (Å²) in [6.07, 6.45) is 4.69. The minimum atomic E-state index is -0.0715. The zero-order valence-electron chi connectivity index (χ0n) is 13.1. The molecule has 1 saturated carbocycles. The fourth-order valence-corrected chi connectivity index (χ4v) is 3.51. The van der Waals surface area contributed by atoms with E-state index >= 15 is 0 Å². The molecule has 1 aromatic rings. The summed E-state index contributed by atoms with van der Waals surface area (Å²) in [6, 6.07) is 8.21. The molecule has 0 aromatic heterocycles. The molecule has 116 valence electrons. The molecule has 1 aromatic carbocycles. The highest BCUT2D eigenvalue weighted by Crippen LogP contribution is 2.27. The first kappa shape index (κ1) is 16.2. The maximum atomic E-state index is 12.3. The van der Waals surface area contributed by atoms with Crippen LogP contribution in [0, 0.1) is 5.92 Å². The summed E-state index contributed by atoms with van der Waals surface area (Å²) < 4.78 is 5.14. The average Bonchev–Trinajstić information content (AvgIpc) is 2.50. The SMILES string of the molecule is COc1ccc(SC(C)C(=O)NC2CCC(C)CC2)cc1. The largest absolute Gasteiger partial charge is 0.497 e. The van der Waals surface area contributed by atoms with Gasteiger partial charge in [0.15, 0.2) is 0 Å². The van der Waals surface area contributed by atoms with Gasteiger partial charge in [-0.25, -0.2) is 0 Å². The second kappa shape index (κ2) is 7.74. The Labute approximate surface area is 131 Å². The van der Waals surface area contributed by atoms with Crippen LogP contribution < -0.4 is 10.1 Å². The van der Waals surface area contributed by atoms with Gasteiger partial charge in [0, 0.05) is 10.9 Å². The molecule has 0 saturated heterocycles. The molecule has 1 aliphatic carbocycles. The van der Waals surface area contributed by atoms with E-state index in [2.05, 4.69) is 12.2 Å². The third-order valence-corrected chi connectivity index (χ3v) is 5.22. The zero-order chi connectivity index (χ0) is 15.2. The molecule has 1 unspecified atom stereocenters. The number of methoxy groups -OCH3 is 1. The van der Waals surface area contributed by atoms with Gasteiger partial charge >= 0.3 is 0 Å². The Balaban J connectivity index is 1.81. The number of carbonyl (C=O) groups excluding carboxylic acids is 1. The average molecular weight is 307 g/mol. The summed E-state index contributed by atoms with van der Waals surface area (Å²) >= 11 is 1.59. The van der Waals surface area contributed by atoms with Crippen LogP contribution in [0.1, 0.15) is 39.5 Å². The molecule has 0 heterocycles. The molecule has 0 radical (unpaired) electrons. The first-order valence-corrected chi connectivity index (χ1v) is 8.57. The van der Waals surface area contributed by atoms with Gasteiger partial charge in [-0.3, -0.25) is 4.79 Å². The first-order valence-electron chi connectivity index (χ1n) is 7.69. The van der Waals surface area contributed by atoms with Crippen molar-refractivity contribution in [3.8, 4) is 5.75 Å². The molecule has 0 aliphatic heterocycles. The van der Waals surface area contributed by atoms with E-state index in [-0.39, 0.29) is 11.2 Å². The Morgan fingerprint density at radius 1 is 1.24 bits per heavy atom. The number of hydrogen-bond acceptors (Lipinski definition) is 3. The fraction of sp³-hybridized carbons (Fsp3) is 0.588. The summed E-state index contributed by atoms with van der Waals surface area (Å²) in [4.78, 5) is 13.4. The Morgan fingerprint density at radius 2 is 1.86 bits per heavy atom. The van der Waals surface area contributed by atoms with Gasteiger partial charge < -0.3 is 10.1 Å². The van der Waals surface area contributed by atoms with Gasteiger partial charge in [0.1, 0.15) is 5.75 Å². The number of rotatable bonds is 5. The molecular weight excluding hydrogens is 282 g/mol. The Morgan fingerprint density at radius 3 is 2.43 bits per heavy atom. The molecule has 0 spiro atoms. The van der Waals surface area contributed by atoms with Gasteiger partial charge in [0.05, 0.1) is 12.4 Å². The van der Waals surface area contributed by atoms with Crippen molar-refractivity contribution in [3.05, 3.63) is 24.3 Å². The third kappa shape index (κ3) is 4.95. The number of carbonyl (C=O) groups is 1. The lowest BCUT2D eigenvalue weighted by Crippen LogP contribution is -2.41. The standard InChI is InChI=1S/C17H25NO2S/c1-12-4-6-14(7-5-12)18-17(19)13(2)21-16-10-8-15(20-3)9-11-16/h8-14H,4-7H2,1-3H3,(H,18,19). The van der Waals surface area contributed by atoms with Crippen molar-refractivity contribution in [2.75, 3.05) is 7.11 Å². The van der Waals surface area contributed by atoms with Crippen molar-refractivity contribution in [2.45, 2.75) is 55.7 Å². The molecular formula is C17H25NO2S. The summed E-state index contributed by atoms with van der Waals surface area (Å²) in [7, 11) is 1.66. The first-order chi connectivity index (χ1) is 10.1. The molecule has 3 nitrogen and oxygen atoms in total. The van der Waals surface area contributed by atoms with Gasteiger partial charge in [0.2, 0.25) is 5.91 Å². The lowest BCUT2D eigenvalue weighted by molar-refractivity contribution is -0.121. The van der Waals surface area contributed by atoms with E-state index in [4.69, 9.17) is 4.74 Å². The topological polar surface area (TPSA) is 38.3 Å². The van der Waals surface area contributed by atoms with Crippen molar-refractivity contribution in [3.63, 3.8) is 0 Å². The van der Waals surface area contributed by atoms with Crippen LogP contribution in [0.4, 0.5) is 0 Å². The van der Waals surface area contributed by atoms with Crippen LogP contribution in [-0.2, 0) is 4.79 Å². The highest BCUT2D eigenvalue weighted by atomic mass is 32.2. The summed E-state index contributed by atoms with van der Waals surface area (Å²) in [6.45, 7) is 4.26. The normalized spacial score (nSPS) is 23.4. The molecule has 0 bridgehead atoms. The Kier molecular flexibility index (Phi) is 5.97. The summed E-state index contributed by atoms with van der Waals surface area (Å²) in [5, 5.41) is 3.13. The van der Waals surface area contributed by atoms with Gasteiger partial charge in [-0.15, -0.1) is 11.8 Å². The van der Waals surface area contributed by atoms with E-state index in [9.17, 15) is 4.79 Å². The van der Waals surface area contributed by atoms with Gasteiger partial charge in [-0.2, -0.15) is 0 Å². The van der Waals surface area contributed by atoms with Crippen molar-refractivity contribution >= 4 is 17.7 Å². The van der Waals surface area contributed by atoms with E-state index in [1.165, 1.54) is 12.8 Å². The maximum absolute atomic E-state index is 12.3. The predicted octanol–water partition coefficient (Wildman–Crippen LogP) is 3.87. The van der Waals surface area contributed by atoms with Crippen LogP contribution >= 0.6 is 11.8 Å². The number of thioether (sulfide) groups is 1. The number of hydrogen-bond donors (Lipinski definition) is 1. The second-order valence-corrected chi connectivity index (χ2v) is 7.32. The van der Waals surface area contributed by atoms with Gasteiger partial charge in [0.25, 0.3) is 0 Å². The number of ether oxygens (including phenoxy) is 1. The van der Waals surface area contributed by atoms with Crippen LogP contribution in [0.25, 0.3) is 0 Å². The lowest BCUT2D eigenvalue weighted by Gasteiger charge is -2.27. The Hall–Kier alpha value is -1.16. The predicted molar refractivity (Wildman–Crippen MR) is 87.9 cm³/mol. The molecule has 1 fully saturated rings. The second-order valence-electron chi connectivity index (χ2n) is 5.90. The fourth-order valence-electron chi connectivity index (χ4n) is 2.63. The summed E-state index contributed by atoms with van der Waals surface area (Å²) in [5.74, 6) is 1.80. The van der Waals surface area contributed by atoms with Crippen molar-refractivity contribution in [1.82, 2.24) is 5.32 Å². The van der Waals surface area contributed by atoms with E-state index in [0.717, 1.165) is 29.4 Å². The number of amides is 1. The van der Waals surface area contributed by atoms with Crippen LogP contribution in [0.5, 0.6) is 5.75 Å². The molecule has 21 heavy (non-hydrogen) atoms. The molecule has 2 rings (SSSR count). The van der Waals surface area contributed by atoms with Crippen molar-refractivity contribution < 1.29 is 9.53 Å². The monoisotopic (exact) mass is 307 g/mol. The smallest absolute Gasteiger partial charge is 0.233 e. The van der Waals surface area contributed by atoms with Crippen molar-refractivity contribution in [1.29, 1.82) is 0 Å². The maximum Gasteiger partial charge on any atom is 0.233 e. The molecule has 1 atom stereocenters. The minimum absolute atomic E-state index is 0.0715. The van der Waals surface area contributed by atoms with Crippen LogP contribution in [0.3, 0.4) is 0 Å². The highest BCUT2D eigenvalue weighted by molar-refractivity contribution is 8.00. The van der Waals surface area contributed by atoms with Crippen molar-refractivity contribution in [2.24, 2.45) is 5.92 Å². The van der Waals surface area contributed by atoms with E-state index in [1.54, 1.807) is 18.9 Å². The Bertz CT molecular complexity index is 452. The van der Waals surface area contributed by atoms with Gasteiger partial charge in [-0.05, 0) is 62.8 Å². The quantitative estimate of drug-likeness (QED) is 0.839. The van der Waals surface area contributed by atoms with Crippen LogP contribution in [0.2, 0.25) is 0 Å².